The minimum atomic E-state index is -0.359. The van der Waals surface area contributed by atoms with Gasteiger partial charge in [0.25, 0.3) is 0 Å². The van der Waals surface area contributed by atoms with Gasteiger partial charge >= 0.3 is 11.9 Å². The standard InChI is InChI=1S/C56H58N4O4.2BrH/c1-11-41-31(3)47(57-35(41)7)29-49-33(5)43(37(9)59-49)23-27-53(61)63-51-25-21-39-17-13-15-19-45(39)55(51)56-46-20-16-14-18-40(46)22-26-52(56)64-54(62)28-24-44-34(6)50(60-38(44)10)30-48-32(4)42(12-2)36(8)58-48;;/h13-22,25-26,29-30,57-58H,11-12,23-24,27-28H2,1-10H3;2*1H/b49-29-,50-30-;;. The SMILES string of the molecule is Br.Br.CCc1c(C)[nH]c(/C=C2\N=C(C)C(CCC(=O)Oc3ccc4ccccc4c3-c3c(OC(=O)CCC4=C(C)/C(=C/c5[nH]c(C)c(CC)c5C)N=C4C)ccc4ccccc34)=C2C)c1C. The summed E-state index contributed by atoms with van der Waals surface area (Å²) in [5, 5.41) is 3.70. The molecule has 2 N–H and O–H groups in total. The Morgan fingerprint density at radius 1 is 0.545 bits per heavy atom. The lowest BCUT2D eigenvalue weighted by Crippen LogP contribution is -2.12. The number of aromatic amines is 2. The highest BCUT2D eigenvalue weighted by atomic mass is 79.9. The average molecular weight is 1010 g/mol. The van der Waals surface area contributed by atoms with Gasteiger partial charge in [-0.1, -0.05) is 74.5 Å². The van der Waals surface area contributed by atoms with Crippen LogP contribution in [0.25, 0.3) is 44.8 Å². The number of allylic oxidation sites excluding steroid dienone is 4. The van der Waals surface area contributed by atoms with Crippen LogP contribution in [0.1, 0.15) is 112 Å². The Balaban J connectivity index is 0.00000360. The zero-order chi connectivity index (χ0) is 45.4. The highest BCUT2D eigenvalue weighted by molar-refractivity contribution is 8.93. The Morgan fingerprint density at radius 2 is 0.924 bits per heavy atom. The van der Waals surface area contributed by atoms with Crippen molar-refractivity contribution in [3.63, 3.8) is 0 Å². The van der Waals surface area contributed by atoms with Gasteiger partial charge < -0.3 is 19.4 Å². The number of nitrogens with one attached hydrogen (secondary N) is 2. The van der Waals surface area contributed by atoms with Crippen molar-refractivity contribution < 1.29 is 19.1 Å². The number of carbonyl (C=O) groups is 2. The van der Waals surface area contributed by atoms with Crippen molar-refractivity contribution in [1.29, 1.82) is 0 Å². The van der Waals surface area contributed by atoms with E-state index in [9.17, 15) is 9.59 Å². The summed E-state index contributed by atoms with van der Waals surface area (Å²) in [6, 6.07) is 23.7. The zero-order valence-electron chi connectivity index (χ0n) is 39.7. The number of aliphatic imine (C=N–C) groups is 2. The van der Waals surface area contributed by atoms with E-state index in [0.29, 0.717) is 35.5 Å². The number of esters is 2. The number of H-pyrrole nitrogens is 2. The molecule has 342 valence electrons. The van der Waals surface area contributed by atoms with E-state index in [0.717, 1.165) is 90.9 Å². The molecule has 10 heteroatoms. The van der Waals surface area contributed by atoms with Gasteiger partial charge in [0.05, 0.1) is 24.2 Å². The third-order valence-electron chi connectivity index (χ3n) is 13.3. The molecule has 8 nitrogen and oxygen atoms in total. The van der Waals surface area contributed by atoms with E-state index in [2.05, 4.69) is 77.5 Å². The maximum Gasteiger partial charge on any atom is 0.311 e. The summed E-state index contributed by atoms with van der Waals surface area (Å²) in [5.74, 6) is 0.0898. The second kappa shape index (κ2) is 20.8. The van der Waals surface area contributed by atoms with Crippen LogP contribution >= 0.6 is 34.0 Å². The number of nitrogens with zero attached hydrogens (tertiary/aromatic N) is 2. The lowest BCUT2D eigenvalue weighted by molar-refractivity contribution is -0.135. The molecule has 4 heterocycles. The van der Waals surface area contributed by atoms with Crippen LogP contribution in [-0.4, -0.2) is 33.3 Å². The number of benzene rings is 4. The van der Waals surface area contributed by atoms with Crippen LogP contribution in [0.2, 0.25) is 0 Å². The van der Waals surface area contributed by atoms with Gasteiger partial charge in [0.2, 0.25) is 0 Å². The molecule has 4 aromatic carbocycles. The zero-order valence-corrected chi connectivity index (χ0v) is 43.1. The Labute approximate surface area is 409 Å². The first-order chi connectivity index (χ1) is 30.8. The fraction of sp³-hybridized carbons (Fsp3) is 0.286. The fourth-order valence-corrected chi connectivity index (χ4v) is 9.78. The maximum atomic E-state index is 13.9. The Morgan fingerprint density at radius 3 is 1.29 bits per heavy atom. The minimum absolute atomic E-state index is 0. The first kappa shape index (κ1) is 49.6. The molecule has 0 radical (unpaired) electrons. The van der Waals surface area contributed by atoms with E-state index >= 15 is 0 Å². The van der Waals surface area contributed by atoms with Crippen molar-refractivity contribution in [1.82, 2.24) is 9.97 Å². The summed E-state index contributed by atoms with van der Waals surface area (Å²) in [6.45, 7) is 21.0. The highest BCUT2D eigenvalue weighted by Crippen LogP contribution is 2.46. The average Bonchev–Trinajstić information content (AvgIpc) is 3.91. The predicted molar refractivity (Wildman–Crippen MR) is 284 cm³/mol. The number of hydrogen-bond donors (Lipinski definition) is 2. The maximum absolute atomic E-state index is 13.9. The molecule has 0 aliphatic carbocycles. The number of rotatable bonds is 13. The summed E-state index contributed by atoms with van der Waals surface area (Å²) in [6.07, 6.45) is 7.47. The van der Waals surface area contributed by atoms with Gasteiger partial charge in [-0.05, 0) is 171 Å². The topological polar surface area (TPSA) is 109 Å². The summed E-state index contributed by atoms with van der Waals surface area (Å²) < 4.78 is 12.7. The second-order valence-electron chi connectivity index (χ2n) is 17.2. The lowest BCUT2D eigenvalue weighted by atomic mass is 9.92. The van der Waals surface area contributed by atoms with Crippen molar-refractivity contribution in [2.75, 3.05) is 0 Å². The van der Waals surface area contributed by atoms with E-state index in [-0.39, 0.29) is 58.7 Å². The molecule has 8 rings (SSSR count). The van der Waals surface area contributed by atoms with E-state index in [1.165, 1.54) is 33.6 Å². The molecule has 0 fully saturated rings. The number of carbonyl (C=O) groups excluding carboxylic acids is 2. The summed E-state index contributed by atoms with van der Waals surface area (Å²) in [4.78, 5) is 44.8. The summed E-state index contributed by atoms with van der Waals surface area (Å²) in [5.41, 5.74) is 18.9. The largest absolute Gasteiger partial charge is 0.426 e. The molecule has 2 aliphatic heterocycles. The Bertz CT molecular complexity index is 2890. The summed E-state index contributed by atoms with van der Waals surface area (Å²) in [7, 11) is 0. The number of aryl methyl sites for hydroxylation is 2. The molecule has 2 aromatic heterocycles. The van der Waals surface area contributed by atoms with Gasteiger partial charge in [0.1, 0.15) is 11.5 Å². The van der Waals surface area contributed by atoms with Gasteiger partial charge in [-0.3, -0.25) is 19.6 Å². The van der Waals surface area contributed by atoms with Gasteiger partial charge in [-0.25, -0.2) is 0 Å². The van der Waals surface area contributed by atoms with Crippen molar-refractivity contribution in [2.45, 2.75) is 108 Å². The number of aromatic nitrogens is 2. The van der Waals surface area contributed by atoms with Gasteiger partial charge in [0.15, 0.2) is 0 Å². The van der Waals surface area contributed by atoms with Gasteiger partial charge in [-0.2, -0.15) is 0 Å². The van der Waals surface area contributed by atoms with E-state index in [1.807, 2.05) is 86.6 Å². The molecule has 6 aromatic rings. The highest BCUT2D eigenvalue weighted by Gasteiger charge is 2.25. The molecule has 0 saturated carbocycles. The Kier molecular flexibility index (Phi) is 15.6. The molecule has 0 atom stereocenters. The van der Waals surface area contributed by atoms with Gasteiger partial charge in [0, 0.05) is 45.3 Å². The predicted octanol–water partition coefficient (Wildman–Crippen LogP) is 14.9. The number of fused-ring (bicyclic) bond motifs is 2. The molecule has 0 spiro atoms. The van der Waals surface area contributed by atoms with E-state index < -0.39 is 0 Å². The van der Waals surface area contributed by atoms with Crippen molar-refractivity contribution >= 4 is 91.0 Å². The molecule has 0 bridgehead atoms. The van der Waals surface area contributed by atoms with Crippen LogP contribution in [0.5, 0.6) is 11.5 Å². The molecular formula is C56H60Br2N4O4. The van der Waals surface area contributed by atoms with Crippen LogP contribution in [0.3, 0.4) is 0 Å². The molecule has 0 saturated heterocycles. The first-order valence-electron chi connectivity index (χ1n) is 22.5. The van der Waals surface area contributed by atoms with Gasteiger partial charge in [-0.15, -0.1) is 34.0 Å². The fourth-order valence-electron chi connectivity index (χ4n) is 9.78. The first-order valence-corrected chi connectivity index (χ1v) is 22.5. The van der Waals surface area contributed by atoms with Crippen LogP contribution in [0, 0.1) is 27.7 Å². The molecular weight excluding hydrogens is 952 g/mol. The number of hydrogen-bond acceptors (Lipinski definition) is 6. The monoisotopic (exact) mass is 1010 g/mol. The van der Waals surface area contributed by atoms with E-state index in [4.69, 9.17) is 19.5 Å². The van der Waals surface area contributed by atoms with Crippen LogP contribution in [0.4, 0.5) is 0 Å². The van der Waals surface area contributed by atoms with Crippen molar-refractivity contribution in [2.24, 2.45) is 9.98 Å². The third-order valence-corrected chi connectivity index (χ3v) is 13.3. The molecule has 0 unspecified atom stereocenters. The normalized spacial score (nSPS) is 14.9. The smallest absolute Gasteiger partial charge is 0.311 e. The van der Waals surface area contributed by atoms with Crippen LogP contribution in [-0.2, 0) is 22.4 Å². The van der Waals surface area contributed by atoms with E-state index in [1.54, 1.807) is 0 Å². The molecule has 2 aliphatic rings. The third kappa shape index (κ3) is 9.67. The quantitative estimate of drug-likeness (QED) is 0.0887. The minimum Gasteiger partial charge on any atom is -0.426 e. The Hall–Kier alpha value is -5.84. The number of halogens is 2. The lowest BCUT2D eigenvalue weighted by Gasteiger charge is -2.19. The van der Waals surface area contributed by atoms with Crippen LogP contribution < -0.4 is 9.47 Å². The van der Waals surface area contributed by atoms with Crippen molar-refractivity contribution in [3.8, 4) is 22.6 Å². The molecule has 66 heavy (non-hydrogen) atoms. The molecule has 0 amide bonds. The second-order valence-corrected chi connectivity index (χ2v) is 17.2. The number of ether oxygens (including phenoxy) is 2. The van der Waals surface area contributed by atoms with Crippen molar-refractivity contribution in [3.05, 3.63) is 152 Å². The summed E-state index contributed by atoms with van der Waals surface area (Å²) >= 11 is 0. The van der Waals surface area contributed by atoms with Crippen LogP contribution in [0.15, 0.2) is 116 Å².